The summed E-state index contributed by atoms with van der Waals surface area (Å²) < 4.78 is 5.25. The molecule has 0 saturated heterocycles. The predicted molar refractivity (Wildman–Crippen MR) is 60.2 cm³/mol. The van der Waals surface area contributed by atoms with Gasteiger partial charge in [0.15, 0.2) is 11.1 Å². The summed E-state index contributed by atoms with van der Waals surface area (Å²) in [7, 11) is 0. The lowest BCUT2D eigenvalue weighted by molar-refractivity contribution is 0.0466. The summed E-state index contributed by atoms with van der Waals surface area (Å²) in [4.78, 5) is -1.34. The summed E-state index contributed by atoms with van der Waals surface area (Å²) >= 11 is 23.6. The van der Waals surface area contributed by atoms with E-state index in [0.29, 0.717) is 0 Å². The quantitative estimate of drug-likeness (QED) is 0.695. The number of alkyl halides is 4. The lowest BCUT2D eigenvalue weighted by Crippen LogP contribution is -2.37. The van der Waals surface area contributed by atoms with Crippen LogP contribution < -0.4 is 0 Å². The van der Waals surface area contributed by atoms with Crippen LogP contribution in [0.15, 0.2) is 0 Å². The number of hydrogen-bond acceptors (Lipinski definition) is 1. The third-order valence-electron chi connectivity index (χ3n) is 1.32. The van der Waals surface area contributed by atoms with Gasteiger partial charge in [-0.2, -0.15) is 0 Å². The zero-order valence-electron chi connectivity index (χ0n) is 8.07. The molecule has 0 heterocycles. The second-order valence-electron chi connectivity index (χ2n) is 3.90. The SMILES string of the molecule is CC(C)(Cl)C(Cl)OC(Cl)C(C)(C)Cl. The molecule has 0 aromatic carbocycles. The third kappa shape index (κ3) is 5.54. The van der Waals surface area contributed by atoms with E-state index >= 15 is 0 Å². The summed E-state index contributed by atoms with van der Waals surface area (Å²) in [5.41, 5.74) is -1.34. The van der Waals surface area contributed by atoms with E-state index < -0.39 is 20.9 Å². The molecule has 0 N–H and O–H groups in total. The van der Waals surface area contributed by atoms with Crippen LogP contribution >= 0.6 is 46.4 Å². The maximum absolute atomic E-state index is 5.92. The summed E-state index contributed by atoms with van der Waals surface area (Å²) in [5.74, 6) is 0. The van der Waals surface area contributed by atoms with E-state index in [0.717, 1.165) is 0 Å². The van der Waals surface area contributed by atoms with Crippen molar-refractivity contribution in [2.24, 2.45) is 0 Å². The van der Waals surface area contributed by atoms with Crippen LogP contribution in [0.3, 0.4) is 0 Å². The highest BCUT2D eigenvalue weighted by molar-refractivity contribution is 6.33. The standard InChI is InChI=1S/C8H14Cl4O/c1-7(2,11)5(9)13-6(10)8(3,4)12/h5-6H,1-4H3. The van der Waals surface area contributed by atoms with Gasteiger partial charge in [0.2, 0.25) is 0 Å². The van der Waals surface area contributed by atoms with Crippen LogP contribution in [0, 0.1) is 0 Å². The molecule has 0 saturated carbocycles. The molecule has 5 heteroatoms. The van der Waals surface area contributed by atoms with Crippen LogP contribution in [0.25, 0.3) is 0 Å². The van der Waals surface area contributed by atoms with Gasteiger partial charge in [-0.05, 0) is 27.7 Å². The molecule has 1 nitrogen and oxygen atoms in total. The Hall–Kier alpha value is 1.12. The van der Waals surface area contributed by atoms with Gasteiger partial charge < -0.3 is 4.74 Å². The largest absolute Gasteiger partial charge is 0.340 e. The molecule has 0 aliphatic heterocycles. The van der Waals surface area contributed by atoms with Gasteiger partial charge in [0.05, 0.1) is 9.75 Å². The first-order chi connectivity index (χ1) is 5.55. The minimum atomic E-state index is -0.672. The molecule has 0 fully saturated rings. The van der Waals surface area contributed by atoms with E-state index in [4.69, 9.17) is 51.1 Å². The summed E-state index contributed by atoms with van der Waals surface area (Å²) in [6.07, 6.45) is 0. The second-order valence-corrected chi connectivity index (χ2v) is 6.64. The molecule has 0 amide bonds. The van der Waals surface area contributed by atoms with Gasteiger partial charge in [-0.3, -0.25) is 0 Å². The molecule has 0 rings (SSSR count). The Bertz CT molecular complexity index is 141. The highest BCUT2D eigenvalue weighted by Crippen LogP contribution is 2.31. The fraction of sp³-hybridized carbons (Fsp3) is 1.00. The predicted octanol–water partition coefficient (Wildman–Crippen LogP) is 4.17. The van der Waals surface area contributed by atoms with Gasteiger partial charge in [-0.1, -0.05) is 23.2 Å². The van der Waals surface area contributed by atoms with Gasteiger partial charge >= 0.3 is 0 Å². The number of hydrogen-bond donors (Lipinski definition) is 0. The number of halogens is 4. The average Bonchev–Trinajstić information content (AvgIpc) is 1.82. The van der Waals surface area contributed by atoms with E-state index in [-0.39, 0.29) is 0 Å². The third-order valence-corrected chi connectivity index (χ3v) is 3.23. The Labute approximate surface area is 99.6 Å². The molecule has 0 spiro atoms. The van der Waals surface area contributed by atoms with E-state index in [9.17, 15) is 0 Å². The Morgan fingerprint density at radius 1 is 0.846 bits per heavy atom. The Kier molecular flexibility index (Phi) is 5.17. The Morgan fingerprint density at radius 2 is 1.08 bits per heavy atom. The monoisotopic (exact) mass is 266 g/mol. The molecule has 2 atom stereocenters. The first-order valence-corrected chi connectivity index (χ1v) is 5.49. The summed E-state index contributed by atoms with van der Waals surface area (Å²) in [6.45, 7) is 6.99. The zero-order chi connectivity index (χ0) is 10.9. The van der Waals surface area contributed by atoms with Gasteiger partial charge in [-0.25, -0.2) is 0 Å². The van der Waals surface area contributed by atoms with Crippen molar-refractivity contribution in [3.05, 3.63) is 0 Å². The molecule has 13 heavy (non-hydrogen) atoms. The van der Waals surface area contributed by atoms with Crippen LogP contribution in [0.1, 0.15) is 27.7 Å². The molecular formula is C8H14Cl4O. The summed E-state index contributed by atoms with van der Waals surface area (Å²) in [6, 6.07) is 0. The van der Waals surface area contributed by atoms with E-state index in [1.165, 1.54) is 0 Å². The highest BCUT2D eigenvalue weighted by Gasteiger charge is 2.33. The second kappa shape index (κ2) is 4.76. The van der Waals surface area contributed by atoms with Crippen LogP contribution in [0.5, 0.6) is 0 Å². The van der Waals surface area contributed by atoms with Crippen molar-refractivity contribution in [2.75, 3.05) is 0 Å². The Morgan fingerprint density at radius 3 is 1.23 bits per heavy atom. The maximum Gasteiger partial charge on any atom is 0.151 e. The van der Waals surface area contributed by atoms with Crippen molar-refractivity contribution in [1.82, 2.24) is 0 Å². The van der Waals surface area contributed by atoms with E-state index in [2.05, 4.69) is 0 Å². The van der Waals surface area contributed by atoms with Crippen molar-refractivity contribution >= 4 is 46.4 Å². The first kappa shape index (κ1) is 14.1. The number of ether oxygens (including phenoxy) is 1. The van der Waals surface area contributed by atoms with Crippen molar-refractivity contribution in [2.45, 2.75) is 48.6 Å². The minimum Gasteiger partial charge on any atom is -0.340 e. The van der Waals surface area contributed by atoms with Gasteiger partial charge in [0, 0.05) is 0 Å². The van der Waals surface area contributed by atoms with Crippen LogP contribution in [0.4, 0.5) is 0 Å². The van der Waals surface area contributed by atoms with E-state index in [1.54, 1.807) is 27.7 Å². The highest BCUT2D eigenvalue weighted by atomic mass is 35.5. The van der Waals surface area contributed by atoms with Crippen molar-refractivity contribution < 1.29 is 4.74 Å². The zero-order valence-corrected chi connectivity index (χ0v) is 11.1. The molecule has 0 bridgehead atoms. The first-order valence-electron chi connectivity index (χ1n) is 3.86. The molecule has 0 aromatic heterocycles. The number of rotatable bonds is 4. The molecule has 0 radical (unpaired) electrons. The van der Waals surface area contributed by atoms with Gasteiger partial charge in [0.1, 0.15) is 0 Å². The molecule has 0 aliphatic carbocycles. The normalized spacial score (nSPS) is 18.5. The molecule has 0 aliphatic rings. The summed E-state index contributed by atoms with van der Waals surface area (Å²) in [5, 5.41) is 0. The van der Waals surface area contributed by atoms with Crippen LogP contribution in [0.2, 0.25) is 0 Å². The maximum atomic E-state index is 5.92. The van der Waals surface area contributed by atoms with E-state index in [1.807, 2.05) is 0 Å². The average molecular weight is 268 g/mol. The lowest BCUT2D eigenvalue weighted by atomic mass is 10.2. The molecule has 2 unspecified atom stereocenters. The van der Waals surface area contributed by atoms with Gasteiger partial charge in [0.25, 0.3) is 0 Å². The van der Waals surface area contributed by atoms with Crippen molar-refractivity contribution in [3.8, 4) is 0 Å². The topological polar surface area (TPSA) is 9.23 Å². The van der Waals surface area contributed by atoms with Crippen LogP contribution in [-0.4, -0.2) is 20.9 Å². The fourth-order valence-corrected chi connectivity index (χ4v) is 0.790. The van der Waals surface area contributed by atoms with Crippen molar-refractivity contribution in [1.29, 1.82) is 0 Å². The van der Waals surface area contributed by atoms with Crippen molar-refractivity contribution in [3.63, 3.8) is 0 Å². The van der Waals surface area contributed by atoms with Crippen LogP contribution in [-0.2, 0) is 4.74 Å². The van der Waals surface area contributed by atoms with Gasteiger partial charge in [-0.15, -0.1) is 23.2 Å². The molecule has 0 aromatic rings. The molecule has 80 valence electrons. The minimum absolute atomic E-state index is 0.670. The Balaban J connectivity index is 4.15. The fourth-order valence-electron chi connectivity index (χ4n) is 0.428. The lowest BCUT2D eigenvalue weighted by Gasteiger charge is -2.29. The molecular weight excluding hydrogens is 254 g/mol. The smallest absolute Gasteiger partial charge is 0.151 e.